The molecule has 2 atom stereocenters. The molecule has 44 heavy (non-hydrogen) atoms. The second-order valence-electron chi connectivity index (χ2n) is 15.1. The maximum absolute atomic E-state index is 5.70. The van der Waals surface area contributed by atoms with Gasteiger partial charge in [-0.15, -0.1) is 0 Å². The van der Waals surface area contributed by atoms with E-state index in [9.17, 15) is 0 Å². The van der Waals surface area contributed by atoms with Crippen LogP contribution in [0.4, 0.5) is 0 Å². The van der Waals surface area contributed by atoms with Crippen LogP contribution >= 0.6 is 0 Å². The monoisotopic (exact) mass is 632 g/mol. The fourth-order valence-electron chi connectivity index (χ4n) is 11.9. The zero-order valence-corrected chi connectivity index (χ0v) is 30.5. The summed E-state index contributed by atoms with van der Waals surface area (Å²) in [5.74, 6) is 0. The fourth-order valence-corrected chi connectivity index (χ4v) is 46.2. The number of unbranched alkanes of at least 4 members (excludes halogenated alkanes) is 2. The Morgan fingerprint density at radius 2 is 0.864 bits per heavy atom. The summed E-state index contributed by atoms with van der Waals surface area (Å²) < 4.78 is 6.49. The van der Waals surface area contributed by atoms with Gasteiger partial charge in [-0.25, -0.2) is 0 Å². The van der Waals surface area contributed by atoms with Gasteiger partial charge in [-0.3, -0.25) is 0 Å². The number of allylic oxidation sites excluding steroid dienone is 2. The minimum absolute atomic E-state index is 0.335. The first-order valence-corrected chi connectivity index (χ1v) is 27.1. The second-order valence-corrected chi connectivity index (χ2v) is 42.9. The standard InChI is InChI=1S/2C11H11.2C6H5.2C4H9.H2Si.Ti/c2*1-2-9-7-10-5-3-4-6-11(10)8-9;2*1-2-4-6-5-3-1;2*1-3-4-2;;/h2*3-8H,2H2,1H3;2*1-5H;2*1,3-4H2,2H3;1H2;. The third-order valence-corrected chi connectivity index (χ3v) is 46.5. The average molecular weight is 633 g/mol. The fraction of sp³-hybridized carbons (Fsp3) is 0.333. The van der Waals surface area contributed by atoms with Crippen molar-refractivity contribution in [2.75, 3.05) is 0 Å². The predicted octanol–water partition coefficient (Wildman–Crippen LogP) is 10.5. The van der Waals surface area contributed by atoms with E-state index in [1.165, 1.54) is 46.3 Å². The van der Waals surface area contributed by atoms with Gasteiger partial charge in [0.05, 0.1) is 0 Å². The third kappa shape index (κ3) is 3.56. The SMILES string of the molecule is CCC[CH2][Ti](=[SiH2])([CH2]CCC)([c]1ccccc1)([c]1ccccc1)([CH]1C(CC)=Cc2ccccc21)[CH]1C(CC)=Cc2ccccc21. The Kier molecular flexibility index (Phi) is 7.60. The molecule has 0 aromatic heterocycles. The first-order chi connectivity index (χ1) is 21.3. The molecule has 0 radical (unpaired) electrons. The number of benzene rings is 4. The first-order valence-electron chi connectivity index (χ1n) is 17.5. The van der Waals surface area contributed by atoms with Crippen molar-refractivity contribution in [2.24, 2.45) is 0 Å². The van der Waals surface area contributed by atoms with Crippen molar-refractivity contribution in [1.29, 1.82) is 0 Å². The van der Waals surface area contributed by atoms with Crippen molar-refractivity contribution in [3.05, 3.63) is 143 Å². The molecule has 6 rings (SSSR count). The molecular formula is C42H52SiTi. The van der Waals surface area contributed by atoms with Crippen LogP contribution in [0.25, 0.3) is 12.2 Å². The molecule has 0 bridgehead atoms. The van der Waals surface area contributed by atoms with Crippen LogP contribution in [0.3, 0.4) is 0 Å². The molecule has 0 heterocycles. The van der Waals surface area contributed by atoms with E-state index in [2.05, 4.69) is 157 Å². The molecule has 0 saturated heterocycles. The quantitative estimate of drug-likeness (QED) is 0.136. The Bertz CT molecular complexity index is 1730. The first kappa shape index (κ1) is 31.3. The normalized spacial score (nSPS) is 20.0. The van der Waals surface area contributed by atoms with Crippen LogP contribution in [0.1, 0.15) is 96.9 Å². The molecule has 4 aromatic carbocycles. The van der Waals surface area contributed by atoms with Gasteiger partial charge in [0.15, 0.2) is 0 Å². The van der Waals surface area contributed by atoms with Crippen LogP contribution in [0.5, 0.6) is 0 Å². The number of hydrogen-bond donors (Lipinski definition) is 0. The number of fused-ring (bicyclic) bond motifs is 2. The van der Waals surface area contributed by atoms with Gasteiger partial charge < -0.3 is 0 Å². The molecule has 0 nitrogen and oxygen atoms in total. The summed E-state index contributed by atoms with van der Waals surface area (Å²) in [6.07, 6.45) is 12.2. The van der Waals surface area contributed by atoms with Crippen LogP contribution in [0.2, 0.25) is 9.45 Å². The summed E-state index contributed by atoms with van der Waals surface area (Å²) in [5, 5.41) is 0. The third-order valence-electron chi connectivity index (χ3n) is 13.6. The summed E-state index contributed by atoms with van der Waals surface area (Å²) in [7, 11) is 2.63. The van der Waals surface area contributed by atoms with E-state index in [1.54, 1.807) is 30.0 Å². The molecule has 0 aliphatic heterocycles. The van der Waals surface area contributed by atoms with Crippen LogP contribution < -0.4 is 7.74 Å². The van der Waals surface area contributed by atoms with Crippen molar-refractivity contribution < 1.29 is 11.5 Å². The Morgan fingerprint density at radius 1 is 0.500 bits per heavy atom. The van der Waals surface area contributed by atoms with Gasteiger partial charge in [-0.05, 0) is 0 Å². The molecule has 4 aromatic rings. The Hall–Kier alpha value is -2.71. The van der Waals surface area contributed by atoms with Crippen LogP contribution in [-0.2, 0) is 11.5 Å². The van der Waals surface area contributed by atoms with Crippen molar-refractivity contribution in [2.45, 2.75) is 84.1 Å². The maximum atomic E-state index is 2.63. The molecule has 0 fully saturated rings. The van der Waals surface area contributed by atoms with Crippen LogP contribution in [0, 0.1) is 0 Å². The van der Waals surface area contributed by atoms with Crippen molar-refractivity contribution in [3.63, 3.8) is 0 Å². The molecule has 0 spiro atoms. The van der Waals surface area contributed by atoms with Crippen molar-refractivity contribution in [1.82, 2.24) is 0 Å². The summed E-state index contributed by atoms with van der Waals surface area (Å²) in [4.78, 5) is 0. The molecule has 2 unspecified atom stereocenters. The molecule has 0 amide bonds. The van der Waals surface area contributed by atoms with Gasteiger partial charge in [0.2, 0.25) is 0 Å². The van der Waals surface area contributed by atoms with Crippen molar-refractivity contribution in [3.8, 4) is 0 Å². The van der Waals surface area contributed by atoms with Crippen molar-refractivity contribution >= 4 is 27.5 Å². The van der Waals surface area contributed by atoms with Gasteiger partial charge in [0.1, 0.15) is 0 Å². The molecule has 2 aliphatic rings. The summed E-state index contributed by atoms with van der Waals surface area (Å²) in [5.41, 5.74) is 9.35. The van der Waals surface area contributed by atoms with E-state index in [0.717, 1.165) is 12.8 Å². The van der Waals surface area contributed by atoms with E-state index in [4.69, 9.17) is 0 Å². The van der Waals surface area contributed by atoms with E-state index < -0.39 is 11.5 Å². The zero-order chi connectivity index (χ0) is 31.0. The molecule has 0 N–H and O–H groups in total. The molecule has 2 heteroatoms. The molecule has 2 aliphatic carbocycles. The van der Waals surface area contributed by atoms with E-state index in [-0.39, 0.29) is 0 Å². The molecule has 0 saturated carbocycles. The minimum atomic E-state index is -5.70. The average Bonchev–Trinajstić information content (AvgIpc) is 3.69. The Balaban J connectivity index is 2.05. The Morgan fingerprint density at radius 3 is 1.23 bits per heavy atom. The topological polar surface area (TPSA) is 0 Å². The van der Waals surface area contributed by atoms with Gasteiger partial charge in [0.25, 0.3) is 0 Å². The summed E-state index contributed by atoms with van der Waals surface area (Å²) >= 11 is -5.70. The molecule has 228 valence electrons. The van der Waals surface area contributed by atoms with Crippen LogP contribution in [-0.4, -0.2) is 7.63 Å². The van der Waals surface area contributed by atoms with Gasteiger partial charge in [-0.1, -0.05) is 0 Å². The van der Waals surface area contributed by atoms with E-state index in [0.29, 0.717) is 8.45 Å². The van der Waals surface area contributed by atoms with Gasteiger partial charge in [-0.2, -0.15) is 0 Å². The predicted molar refractivity (Wildman–Crippen MR) is 195 cm³/mol. The van der Waals surface area contributed by atoms with Gasteiger partial charge >= 0.3 is 266 Å². The molecular weight excluding hydrogens is 580 g/mol. The summed E-state index contributed by atoms with van der Waals surface area (Å²) in [6, 6.07) is 43.5. The zero-order valence-electron chi connectivity index (χ0n) is 27.6. The van der Waals surface area contributed by atoms with Crippen LogP contribution in [0.15, 0.2) is 120 Å². The van der Waals surface area contributed by atoms with E-state index in [1.807, 2.05) is 0 Å². The van der Waals surface area contributed by atoms with Gasteiger partial charge in [0, 0.05) is 0 Å². The Labute approximate surface area is 264 Å². The summed E-state index contributed by atoms with van der Waals surface area (Å²) in [6.45, 7) is 9.71. The number of rotatable bonds is 12. The number of hydrogen-bond acceptors (Lipinski definition) is 0. The second kappa shape index (κ2) is 10.7. The van der Waals surface area contributed by atoms with E-state index >= 15 is 0 Å².